The maximum absolute atomic E-state index is 13.7. The molecule has 2 aromatic rings. The van der Waals surface area contributed by atoms with Gasteiger partial charge in [-0.05, 0) is 57.2 Å². The molecule has 2 fully saturated rings. The highest BCUT2D eigenvalue weighted by atomic mass is 35.5. The van der Waals surface area contributed by atoms with E-state index in [9.17, 15) is 36.6 Å². The van der Waals surface area contributed by atoms with E-state index in [2.05, 4.69) is 17.2 Å². The van der Waals surface area contributed by atoms with Crippen LogP contribution in [0, 0.1) is 47.0 Å². The lowest BCUT2D eigenvalue weighted by atomic mass is 9.73. The number of fused-ring (bicyclic) bond motifs is 2. The molecule has 0 heterocycles. The van der Waals surface area contributed by atoms with Crippen molar-refractivity contribution in [1.29, 1.82) is 0 Å². The topological polar surface area (TPSA) is 104 Å². The number of sulfone groups is 1. The van der Waals surface area contributed by atoms with E-state index in [-0.39, 0.29) is 39.9 Å². The maximum Gasteiger partial charge on any atom is 0.255 e. The average Bonchev–Trinajstić information content (AvgIpc) is 2.94. The lowest BCUT2D eigenvalue weighted by molar-refractivity contribution is -0.0115. The standard InChI is InChI=1S/C27H27ClF3NO5S/c1-14-8-16-10-18(13-19(14)27(16,35)7-6-26(2,3)34)38(36,37)23-9-15(4-5-20(23)28)25(33)32-17-11-21(29)24(31)22(30)12-17/h4-5,9,11-12,14,16,18-19,34-35H,8,10,13H2,1-3H3,(H,32,33)/t14-,16?,18+,19+,27+/m0/s1. The highest BCUT2D eigenvalue weighted by Crippen LogP contribution is 2.54. The number of nitrogens with one attached hydrogen (secondary N) is 1. The van der Waals surface area contributed by atoms with Crippen LogP contribution in [0.1, 0.15) is 50.4 Å². The second-order valence-electron chi connectivity index (χ2n) is 10.6. The molecule has 1 unspecified atom stereocenters. The first-order valence-electron chi connectivity index (χ1n) is 12.0. The molecule has 2 bridgehead atoms. The van der Waals surface area contributed by atoms with Crippen molar-refractivity contribution in [2.45, 2.75) is 61.4 Å². The highest BCUT2D eigenvalue weighted by Gasteiger charge is 2.58. The molecule has 0 radical (unpaired) electrons. The fourth-order valence-electron chi connectivity index (χ4n) is 5.49. The van der Waals surface area contributed by atoms with Crippen LogP contribution in [-0.2, 0) is 9.84 Å². The van der Waals surface area contributed by atoms with Crippen LogP contribution in [0.4, 0.5) is 18.9 Å². The molecular formula is C27H27ClF3NO5S. The average molecular weight is 570 g/mol. The van der Waals surface area contributed by atoms with E-state index in [4.69, 9.17) is 11.6 Å². The van der Waals surface area contributed by atoms with Crippen LogP contribution in [0.15, 0.2) is 35.2 Å². The summed E-state index contributed by atoms with van der Waals surface area (Å²) < 4.78 is 67.7. The number of rotatable bonds is 4. The van der Waals surface area contributed by atoms with Crippen LogP contribution in [0.5, 0.6) is 0 Å². The van der Waals surface area contributed by atoms with E-state index >= 15 is 0 Å². The van der Waals surface area contributed by atoms with Gasteiger partial charge in [0.25, 0.3) is 5.91 Å². The van der Waals surface area contributed by atoms with Crippen molar-refractivity contribution in [2.24, 2.45) is 17.8 Å². The lowest BCUT2D eigenvalue weighted by Gasteiger charge is -2.40. The molecule has 5 atom stereocenters. The molecule has 38 heavy (non-hydrogen) atoms. The van der Waals surface area contributed by atoms with Crippen LogP contribution in [0.2, 0.25) is 5.02 Å². The Morgan fingerprint density at radius 2 is 1.76 bits per heavy atom. The number of amides is 1. The second-order valence-corrected chi connectivity index (χ2v) is 13.2. The molecule has 11 heteroatoms. The molecule has 1 amide bonds. The monoisotopic (exact) mass is 569 g/mol. The van der Waals surface area contributed by atoms with Gasteiger partial charge in [-0.3, -0.25) is 4.79 Å². The van der Waals surface area contributed by atoms with Gasteiger partial charge in [0.15, 0.2) is 27.3 Å². The Balaban J connectivity index is 1.61. The first-order valence-corrected chi connectivity index (χ1v) is 13.9. The van der Waals surface area contributed by atoms with Gasteiger partial charge in [0.1, 0.15) is 11.2 Å². The first kappa shape index (κ1) is 28.4. The van der Waals surface area contributed by atoms with E-state index < -0.39 is 61.5 Å². The van der Waals surface area contributed by atoms with Crippen molar-refractivity contribution >= 4 is 33.0 Å². The molecule has 6 nitrogen and oxygen atoms in total. The molecule has 0 aromatic heterocycles. The van der Waals surface area contributed by atoms with Gasteiger partial charge in [0.05, 0.1) is 15.2 Å². The molecule has 0 saturated heterocycles. The third kappa shape index (κ3) is 5.30. The van der Waals surface area contributed by atoms with Gasteiger partial charge in [-0.1, -0.05) is 30.4 Å². The number of carbonyl (C=O) groups excluding carboxylic acids is 1. The number of anilines is 1. The molecular weight excluding hydrogens is 543 g/mol. The molecule has 0 aliphatic heterocycles. The SMILES string of the molecule is C[C@H]1CC2C[C@@H](S(=O)(=O)c3cc(C(=O)Nc4cc(F)c(F)c(F)c4)ccc3Cl)C[C@H]1[C@@]2(O)C#CC(C)(C)O. The molecule has 2 aliphatic carbocycles. The Kier molecular flexibility index (Phi) is 7.38. The maximum atomic E-state index is 13.7. The van der Waals surface area contributed by atoms with E-state index in [1.54, 1.807) is 0 Å². The van der Waals surface area contributed by atoms with Crippen molar-refractivity contribution in [1.82, 2.24) is 0 Å². The lowest BCUT2D eigenvalue weighted by Crippen LogP contribution is -2.48. The zero-order valence-corrected chi connectivity index (χ0v) is 22.4. The molecule has 2 aromatic carbocycles. The minimum atomic E-state index is -4.07. The Labute approximate surface area is 224 Å². The van der Waals surface area contributed by atoms with E-state index in [1.165, 1.54) is 26.0 Å². The minimum Gasteiger partial charge on any atom is -0.378 e. The minimum absolute atomic E-state index is 0.00890. The highest BCUT2D eigenvalue weighted by molar-refractivity contribution is 7.92. The number of hydrogen-bond acceptors (Lipinski definition) is 5. The summed E-state index contributed by atoms with van der Waals surface area (Å²) in [5.41, 5.74) is -3.24. The Hall–Kier alpha value is -2.58. The fourth-order valence-corrected chi connectivity index (χ4v) is 7.86. The molecule has 2 saturated carbocycles. The number of aliphatic hydroxyl groups is 2. The Morgan fingerprint density at radius 3 is 2.34 bits per heavy atom. The summed E-state index contributed by atoms with van der Waals surface area (Å²) in [4.78, 5) is 12.4. The van der Waals surface area contributed by atoms with Gasteiger partial charge in [0, 0.05) is 35.2 Å². The summed E-state index contributed by atoms with van der Waals surface area (Å²) in [5, 5.41) is 22.6. The van der Waals surface area contributed by atoms with Gasteiger partial charge < -0.3 is 15.5 Å². The van der Waals surface area contributed by atoms with Gasteiger partial charge in [0.2, 0.25) is 0 Å². The van der Waals surface area contributed by atoms with E-state index in [0.717, 1.165) is 6.07 Å². The molecule has 2 aliphatic rings. The largest absolute Gasteiger partial charge is 0.378 e. The van der Waals surface area contributed by atoms with Gasteiger partial charge >= 0.3 is 0 Å². The van der Waals surface area contributed by atoms with Crippen LogP contribution >= 0.6 is 11.6 Å². The van der Waals surface area contributed by atoms with Crippen LogP contribution in [-0.4, -0.2) is 41.0 Å². The van der Waals surface area contributed by atoms with Crippen molar-refractivity contribution in [3.63, 3.8) is 0 Å². The predicted molar refractivity (Wildman–Crippen MR) is 136 cm³/mol. The number of hydrogen-bond donors (Lipinski definition) is 3. The smallest absolute Gasteiger partial charge is 0.255 e. The summed E-state index contributed by atoms with van der Waals surface area (Å²) in [6.07, 6.45) is 0.785. The van der Waals surface area contributed by atoms with E-state index in [1.807, 2.05) is 6.92 Å². The van der Waals surface area contributed by atoms with Crippen LogP contribution < -0.4 is 5.32 Å². The Bertz CT molecular complexity index is 1440. The normalized spacial score (nSPS) is 27.0. The van der Waals surface area contributed by atoms with Gasteiger partial charge in [-0.2, -0.15) is 0 Å². The predicted octanol–water partition coefficient (Wildman–Crippen LogP) is 4.72. The summed E-state index contributed by atoms with van der Waals surface area (Å²) in [6, 6.07) is 4.78. The molecule has 3 N–H and O–H groups in total. The Morgan fingerprint density at radius 1 is 1.13 bits per heavy atom. The van der Waals surface area contributed by atoms with Crippen LogP contribution in [0.25, 0.3) is 0 Å². The van der Waals surface area contributed by atoms with Crippen molar-refractivity contribution < 1.29 is 36.6 Å². The third-order valence-corrected chi connectivity index (χ3v) is 10.00. The number of benzene rings is 2. The van der Waals surface area contributed by atoms with Crippen molar-refractivity contribution in [2.75, 3.05) is 5.32 Å². The fraction of sp³-hybridized carbons (Fsp3) is 0.444. The third-order valence-electron chi connectivity index (χ3n) is 7.34. The van der Waals surface area contributed by atoms with Gasteiger partial charge in [-0.25, -0.2) is 21.6 Å². The zero-order chi connectivity index (χ0) is 28.2. The first-order chi connectivity index (χ1) is 17.5. The number of carbonyl (C=O) groups is 1. The van der Waals surface area contributed by atoms with Gasteiger partial charge in [-0.15, -0.1) is 0 Å². The van der Waals surface area contributed by atoms with E-state index in [0.29, 0.717) is 18.6 Å². The second kappa shape index (κ2) is 9.87. The van der Waals surface area contributed by atoms with Crippen molar-refractivity contribution in [3.8, 4) is 11.8 Å². The molecule has 0 spiro atoms. The summed E-state index contributed by atoms with van der Waals surface area (Å²) in [7, 11) is -4.07. The molecule has 4 rings (SSSR count). The quantitative estimate of drug-likeness (QED) is 0.365. The van der Waals surface area contributed by atoms with Crippen LogP contribution in [0.3, 0.4) is 0 Å². The van der Waals surface area contributed by atoms with Crippen molar-refractivity contribution in [3.05, 3.63) is 58.4 Å². The summed E-state index contributed by atoms with van der Waals surface area (Å²) in [5.74, 6) is -0.967. The molecule has 204 valence electrons. The number of halogens is 4. The zero-order valence-electron chi connectivity index (χ0n) is 20.9. The summed E-state index contributed by atoms with van der Waals surface area (Å²) in [6.45, 7) is 4.92. The summed E-state index contributed by atoms with van der Waals surface area (Å²) >= 11 is 6.25.